The second kappa shape index (κ2) is 2.56. The average Bonchev–Trinajstić information content (AvgIpc) is 1.61. The quantitative estimate of drug-likeness (QED) is 0.500. The van der Waals surface area contributed by atoms with Gasteiger partial charge < -0.3 is 4.90 Å². The van der Waals surface area contributed by atoms with Crippen LogP contribution in [0.5, 0.6) is 0 Å². The molecule has 1 rings (SSSR count). The third-order valence-corrected chi connectivity index (χ3v) is 2.06. The molecule has 1 saturated heterocycles. The lowest BCUT2D eigenvalue weighted by Gasteiger charge is -2.37. The summed E-state index contributed by atoms with van der Waals surface area (Å²) in [5.41, 5.74) is 0. The molecule has 1 fully saturated rings. The highest BCUT2D eigenvalue weighted by Gasteiger charge is 2.26. The number of halogens is 1. The van der Waals surface area contributed by atoms with Crippen molar-refractivity contribution in [1.29, 1.82) is 0 Å². The summed E-state index contributed by atoms with van der Waals surface area (Å²) in [5.74, 6) is 1.40. The topological polar surface area (TPSA) is 20.3 Å². The van der Waals surface area contributed by atoms with E-state index >= 15 is 0 Å². The summed E-state index contributed by atoms with van der Waals surface area (Å²) in [7, 11) is 0. The van der Waals surface area contributed by atoms with Crippen molar-refractivity contribution in [2.75, 3.05) is 19.0 Å². The Bertz CT molecular complexity index is 120. The lowest BCUT2D eigenvalue weighted by molar-refractivity contribution is -0.134. The predicted molar refractivity (Wildman–Crippen MR) is 36.5 cm³/mol. The molecule has 0 atom stereocenters. The number of carbonyl (C=O) groups excluding carboxylic acids is 1. The minimum absolute atomic E-state index is 0.163. The number of amides is 1. The van der Waals surface area contributed by atoms with Gasteiger partial charge in [-0.05, 0) is 0 Å². The molecule has 52 valence electrons. The standard InChI is InChI=1S/C6H10ClNO/c1-5(9)8-3-6(2-7)4-8/h6H,2-4H2,1H3. The number of rotatable bonds is 1. The van der Waals surface area contributed by atoms with Crippen LogP contribution < -0.4 is 0 Å². The van der Waals surface area contributed by atoms with E-state index in [-0.39, 0.29) is 5.91 Å². The van der Waals surface area contributed by atoms with E-state index in [4.69, 9.17) is 11.6 Å². The van der Waals surface area contributed by atoms with Gasteiger partial charge in [0.1, 0.15) is 0 Å². The minimum atomic E-state index is 0.163. The molecule has 1 aliphatic rings. The summed E-state index contributed by atoms with van der Waals surface area (Å²) in [6.07, 6.45) is 0. The van der Waals surface area contributed by atoms with Crippen LogP contribution in [-0.2, 0) is 4.79 Å². The maximum absolute atomic E-state index is 10.6. The molecule has 0 N–H and O–H groups in total. The van der Waals surface area contributed by atoms with Crippen molar-refractivity contribution in [2.45, 2.75) is 6.92 Å². The Balaban J connectivity index is 2.19. The van der Waals surface area contributed by atoms with E-state index in [0.717, 1.165) is 13.1 Å². The van der Waals surface area contributed by atoms with Gasteiger partial charge in [-0.15, -0.1) is 11.6 Å². The van der Waals surface area contributed by atoms with Gasteiger partial charge in [-0.2, -0.15) is 0 Å². The van der Waals surface area contributed by atoms with E-state index in [2.05, 4.69) is 0 Å². The predicted octanol–water partition coefficient (Wildman–Crippen LogP) is 0.704. The van der Waals surface area contributed by atoms with E-state index in [0.29, 0.717) is 11.8 Å². The SMILES string of the molecule is CC(=O)N1CC(CCl)C1. The summed E-state index contributed by atoms with van der Waals surface area (Å²) < 4.78 is 0. The normalized spacial score (nSPS) is 19.6. The van der Waals surface area contributed by atoms with Crippen molar-refractivity contribution >= 4 is 17.5 Å². The Kier molecular flexibility index (Phi) is 1.96. The Morgan fingerprint density at radius 3 is 2.67 bits per heavy atom. The van der Waals surface area contributed by atoms with E-state index in [1.807, 2.05) is 0 Å². The van der Waals surface area contributed by atoms with Crippen molar-refractivity contribution in [3.8, 4) is 0 Å². The molecule has 9 heavy (non-hydrogen) atoms. The minimum Gasteiger partial charge on any atom is -0.342 e. The molecule has 1 amide bonds. The fraction of sp³-hybridized carbons (Fsp3) is 0.833. The van der Waals surface area contributed by atoms with Crippen molar-refractivity contribution in [3.05, 3.63) is 0 Å². The van der Waals surface area contributed by atoms with Gasteiger partial charge in [-0.1, -0.05) is 0 Å². The monoisotopic (exact) mass is 147 g/mol. The molecule has 3 heteroatoms. The Morgan fingerprint density at radius 1 is 1.78 bits per heavy atom. The lowest BCUT2D eigenvalue weighted by atomic mass is 10.0. The van der Waals surface area contributed by atoms with Crippen LogP contribution in [-0.4, -0.2) is 29.8 Å². The second-order valence-electron chi connectivity index (χ2n) is 2.44. The first-order chi connectivity index (χ1) is 4.24. The summed E-state index contributed by atoms with van der Waals surface area (Å²) in [6.45, 7) is 3.31. The van der Waals surface area contributed by atoms with Gasteiger partial charge in [0.15, 0.2) is 0 Å². The average molecular weight is 148 g/mol. The maximum atomic E-state index is 10.6. The fourth-order valence-electron chi connectivity index (χ4n) is 0.925. The number of nitrogens with zero attached hydrogens (tertiary/aromatic N) is 1. The van der Waals surface area contributed by atoms with Gasteiger partial charge in [-0.3, -0.25) is 4.79 Å². The van der Waals surface area contributed by atoms with Crippen LogP contribution in [0, 0.1) is 5.92 Å². The van der Waals surface area contributed by atoms with Gasteiger partial charge >= 0.3 is 0 Å². The molecule has 0 radical (unpaired) electrons. The van der Waals surface area contributed by atoms with Crippen molar-refractivity contribution < 1.29 is 4.79 Å². The number of hydrogen-bond donors (Lipinski definition) is 0. The molecule has 0 aromatic rings. The van der Waals surface area contributed by atoms with Crippen LogP contribution in [0.3, 0.4) is 0 Å². The zero-order chi connectivity index (χ0) is 6.85. The molecule has 1 aliphatic heterocycles. The Morgan fingerprint density at radius 2 is 2.33 bits per heavy atom. The summed E-state index contributed by atoms with van der Waals surface area (Å²) in [5, 5.41) is 0. The van der Waals surface area contributed by atoms with Gasteiger partial charge in [0.25, 0.3) is 0 Å². The van der Waals surface area contributed by atoms with E-state index in [1.54, 1.807) is 11.8 Å². The molecule has 0 bridgehead atoms. The highest BCUT2D eigenvalue weighted by Crippen LogP contribution is 2.15. The molecule has 0 saturated carbocycles. The van der Waals surface area contributed by atoms with E-state index in [1.165, 1.54) is 0 Å². The largest absolute Gasteiger partial charge is 0.342 e. The van der Waals surface area contributed by atoms with Crippen LogP contribution >= 0.6 is 11.6 Å². The third-order valence-electron chi connectivity index (χ3n) is 1.62. The highest BCUT2D eigenvalue weighted by atomic mass is 35.5. The van der Waals surface area contributed by atoms with Gasteiger partial charge in [-0.25, -0.2) is 0 Å². The smallest absolute Gasteiger partial charge is 0.219 e. The molecule has 0 spiro atoms. The first-order valence-electron chi connectivity index (χ1n) is 3.05. The molecule has 0 aliphatic carbocycles. The number of carbonyl (C=O) groups is 1. The van der Waals surface area contributed by atoms with Gasteiger partial charge in [0, 0.05) is 31.8 Å². The molecule has 2 nitrogen and oxygen atoms in total. The second-order valence-corrected chi connectivity index (χ2v) is 2.75. The number of hydrogen-bond acceptors (Lipinski definition) is 1. The zero-order valence-electron chi connectivity index (χ0n) is 5.43. The highest BCUT2D eigenvalue weighted by molar-refractivity contribution is 6.18. The summed E-state index contributed by atoms with van der Waals surface area (Å²) >= 11 is 5.54. The number of likely N-dealkylation sites (tertiary alicyclic amines) is 1. The van der Waals surface area contributed by atoms with Crippen LogP contribution in [0.1, 0.15) is 6.92 Å². The molecule has 1 heterocycles. The van der Waals surface area contributed by atoms with Gasteiger partial charge in [0.05, 0.1) is 0 Å². The molecule has 0 unspecified atom stereocenters. The molecular formula is C6H10ClNO. The fourth-order valence-corrected chi connectivity index (χ4v) is 1.12. The van der Waals surface area contributed by atoms with E-state index < -0.39 is 0 Å². The van der Waals surface area contributed by atoms with Crippen LogP contribution in [0.15, 0.2) is 0 Å². The first kappa shape index (κ1) is 6.87. The molecule has 0 aromatic heterocycles. The number of alkyl halides is 1. The molecule has 0 aromatic carbocycles. The Labute approximate surface area is 59.8 Å². The Hall–Kier alpha value is -0.240. The third kappa shape index (κ3) is 1.36. The summed E-state index contributed by atoms with van der Waals surface area (Å²) in [6, 6.07) is 0. The van der Waals surface area contributed by atoms with Gasteiger partial charge in [0.2, 0.25) is 5.91 Å². The first-order valence-corrected chi connectivity index (χ1v) is 3.59. The van der Waals surface area contributed by atoms with E-state index in [9.17, 15) is 4.79 Å². The van der Waals surface area contributed by atoms with Crippen molar-refractivity contribution in [2.24, 2.45) is 5.92 Å². The van der Waals surface area contributed by atoms with Crippen LogP contribution in [0.4, 0.5) is 0 Å². The van der Waals surface area contributed by atoms with Crippen LogP contribution in [0.25, 0.3) is 0 Å². The summed E-state index contributed by atoms with van der Waals surface area (Å²) in [4.78, 5) is 12.4. The van der Waals surface area contributed by atoms with Crippen LogP contribution in [0.2, 0.25) is 0 Å². The lowest BCUT2D eigenvalue weighted by Crippen LogP contribution is -2.49. The molecular weight excluding hydrogens is 138 g/mol. The van der Waals surface area contributed by atoms with Crippen molar-refractivity contribution in [3.63, 3.8) is 0 Å². The zero-order valence-corrected chi connectivity index (χ0v) is 6.19. The van der Waals surface area contributed by atoms with Crippen molar-refractivity contribution in [1.82, 2.24) is 4.90 Å². The maximum Gasteiger partial charge on any atom is 0.219 e.